The van der Waals surface area contributed by atoms with Gasteiger partial charge in [0.05, 0.1) is 11.6 Å². The average molecular weight is 516 g/mol. The number of carbonyl (C=O) groups excluding carboxylic acids is 1. The van der Waals surface area contributed by atoms with E-state index >= 15 is 0 Å². The van der Waals surface area contributed by atoms with E-state index < -0.39 is 0 Å². The van der Waals surface area contributed by atoms with Gasteiger partial charge < -0.3 is 15.5 Å². The van der Waals surface area contributed by atoms with Crippen molar-refractivity contribution in [2.75, 3.05) is 24.3 Å². The minimum Gasteiger partial charge on any atom is -0.378 e. The van der Waals surface area contributed by atoms with Crippen LogP contribution in [0.15, 0.2) is 91.1 Å². The van der Waals surface area contributed by atoms with Crippen molar-refractivity contribution in [3.05, 3.63) is 113 Å². The summed E-state index contributed by atoms with van der Waals surface area (Å²) in [6.07, 6.45) is 1.85. The monoisotopic (exact) mass is 515 g/mol. The van der Waals surface area contributed by atoms with Gasteiger partial charge in [-0.15, -0.1) is 0 Å². The molecule has 1 aromatic heterocycles. The van der Waals surface area contributed by atoms with Crippen LogP contribution in [0.25, 0.3) is 22.0 Å². The van der Waals surface area contributed by atoms with Crippen LogP contribution in [-0.2, 0) is 0 Å². The molecular weight excluding hydrogens is 482 g/mol. The van der Waals surface area contributed by atoms with Gasteiger partial charge in [-0.2, -0.15) is 0 Å². The van der Waals surface area contributed by atoms with Gasteiger partial charge in [0, 0.05) is 42.6 Å². The van der Waals surface area contributed by atoms with Gasteiger partial charge in [0.25, 0.3) is 5.91 Å². The zero-order valence-corrected chi connectivity index (χ0v) is 23.0. The van der Waals surface area contributed by atoms with Crippen LogP contribution in [0.5, 0.6) is 0 Å². The van der Waals surface area contributed by atoms with Crippen LogP contribution in [0.2, 0.25) is 0 Å². The van der Waals surface area contributed by atoms with Gasteiger partial charge in [0.15, 0.2) is 0 Å². The fourth-order valence-electron chi connectivity index (χ4n) is 4.60. The van der Waals surface area contributed by atoms with Crippen LogP contribution in [0, 0.1) is 13.8 Å². The zero-order chi connectivity index (χ0) is 27.5. The molecule has 6 heteroatoms. The van der Waals surface area contributed by atoms with Crippen LogP contribution < -0.4 is 15.5 Å². The minimum atomic E-state index is -0.137. The first-order valence-corrected chi connectivity index (χ1v) is 13.1. The number of hydrogen-bond acceptors (Lipinski definition) is 5. The van der Waals surface area contributed by atoms with Crippen molar-refractivity contribution in [3.63, 3.8) is 0 Å². The SMILES string of the molecule is Cc1cccc(C(=O)NC(C)c2ccc(C)c(-c3ccc4nc(Nc5ccc(N(C)C)cc5)ncc4c3)c2)c1. The molecule has 5 rings (SSSR count). The summed E-state index contributed by atoms with van der Waals surface area (Å²) in [6, 6.07) is 28.2. The van der Waals surface area contributed by atoms with Gasteiger partial charge in [-0.05, 0) is 97.6 Å². The molecule has 0 aliphatic carbocycles. The van der Waals surface area contributed by atoms with Crippen molar-refractivity contribution in [3.8, 4) is 11.1 Å². The van der Waals surface area contributed by atoms with Gasteiger partial charge in [0.1, 0.15) is 0 Å². The normalized spacial score (nSPS) is 11.7. The standard InChI is InChI=1S/C33H33N5O/c1-21-7-6-8-26(17-21)32(39)35-23(3)24-10-9-22(2)30(19-24)25-11-16-31-27(18-25)20-34-33(37-31)36-28-12-14-29(15-13-28)38(4)5/h6-20,23H,1-5H3,(H,35,39)(H,34,36,37). The average Bonchev–Trinajstić information content (AvgIpc) is 2.93. The van der Waals surface area contributed by atoms with Crippen molar-refractivity contribution in [2.45, 2.75) is 26.8 Å². The van der Waals surface area contributed by atoms with E-state index in [0.29, 0.717) is 11.5 Å². The van der Waals surface area contributed by atoms with Gasteiger partial charge in [-0.1, -0.05) is 35.9 Å². The molecule has 0 saturated carbocycles. The molecule has 1 heterocycles. The van der Waals surface area contributed by atoms with E-state index in [2.05, 4.69) is 69.9 Å². The lowest BCUT2D eigenvalue weighted by atomic mass is 9.95. The predicted molar refractivity (Wildman–Crippen MR) is 161 cm³/mol. The summed E-state index contributed by atoms with van der Waals surface area (Å²) >= 11 is 0. The maximum atomic E-state index is 12.8. The van der Waals surface area contributed by atoms with Gasteiger partial charge in [-0.25, -0.2) is 9.97 Å². The van der Waals surface area contributed by atoms with Gasteiger partial charge >= 0.3 is 0 Å². The number of fused-ring (bicyclic) bond motifs is 1. The fourth-order valence-corrected chi connectivity index (χ4v) is 4.60. The lowest BCUT2D eigenvalue weighted by Gasteiger charge is -2.17. The first-order valence-electron chi connectivity index (χ1n) is 13.1. The van der Waals surface area contributed by atoms with Crippen molar-refractivity contribution in [1.29, 1.82) is 0 Å². The predicted octanol–water partition coefficient (Wildman–Crippen LogP) is 7.21. The Bertz CT molecular complexity index is 1640. The highest BCUT2D eigenvalue weighted by Crippen LogP contribution is 2.30. The van der Waals surface area contributed by atoms with Crippen molar-refractivity contribution >= 4 is 34.1 Å². The third-order valence-electron chi connectivity index (χ3n) is 6.92. The molecule has 0 aliphatic heterocycles. The Kier molecular flexibility index (Phi) is 7.28. The second-order valence-electron chi connectivity index (χ2n) is 10.2. The zero-order valence-electron chi connectivity index (χ0n) is 23.0. The molecule has 5 aromatic rings. The number of benzene rings is 4. The van der Waals surface area contributed by atoms with Crippen molar-refractivity contribution < 1.29 is 4.79 Å². The molecule has 0 radical (unpaired) electrons. The second kappa shape index (κ2) is 11.0. The lowest BCUT2D eigenvalue weighted by Crippen LogP contribution is -2.26. The molecule has 4 aromatic carbocycles. The van der Waals surface area contributed by atoms with E-state index in [9.17, 15) is 4.79 Å². The molecule has 196 valence electrons. The van der Waals surface area contributed by atoms with Crippen LogP contribution in [-0.4, -0.2) is 30.0 Å². The van der Waals surface area contributed by atoms with Crippen LogP contribution in [0.1, 0.15) is 40.0 Å². The first kappa shape index (κ1) is 25.9. The lowest BCUT2D eigenvalue weighted by molar-refractivity contribution is 0.0940. The first-order chi connectivity index (χ1) is 18.8. The van der Waals surface area contributed by atoms with E-state index in [1.165, 1.54) is 0 Å². The molecule has 0 bridgehead atoms. The number of rotatable bonds is 7. The van der Waals surface area contributed by atoms with Crippen LogP contribution >= 0.6 is 0 Å². The Labute approximate surface area is 229 Å². The summed E-state index contributed by atoms with van der Waals surface area (Å²) in [7, 11) is 4.04. The molecule has 0 aliphatic rings. The van der Waals surface area contributed by atoms with Crippen LogP contribution in [0.4, 0.5) is 17.3 Å². The number of hydrogen-bond donors (Lipinski definition) is 2. The van der Waals surface area contributed by atoms with E-state index in [1.807, 2.05) is 76.6 Å². The van der Waals surface area contributed by atoms with Crippen molar-refractivity contribution in [2.24, 2.45) is 0 Å². The highest BCUT2D eigenvalue weighted by atomic mass is 16.1. The third-order valence-corrected chi connectivity index (χ3v) is 6.92. The highest BCUT2D eigenvalue weighted by molar-refractivity contribution is 5.94. The summed E-state index contributed by atoms with van der Waals surface area (Å²) in [5, 5.41) is 7.39. The Hall–Kier alpha value is -4.71. The van der Waals surface area contributed by atoms with E-state index in [-0.39, 0.29) is 11.9 Å². The summed E-state index contributed by atoms with van der Waals surface area (Å²) in [4.78, 5) is 24.1. The number of nitrogens with zero attached hydrogens (tertiary/aromatic N) is 3. The van der Waals surface area contributed by atoms with Gasteiger partial charge in [-0.3, -0.25) is 4.79 Å². The third kappa shape index (κ3) is 5.91. The Balaban J connectivity index is 1.35. The Morgan fingerprint density at radius 3 is 2.44 bits per heavy atom. The molecule has 1 atom stereocenters. The summed E-state index contributed by atoms with van der Waals surface area (Å²) in [5.41, 5.74) is 9.09. The number of anilines is 3. The summed E-state index contributed by atoms with van der Waals surface area (Å²) in [5.74, 6) is 0.485. The molecule has 1 amide bonds. The molecule has 39 heavy (non-hydrogen) atoms. The second-order valence-corrected chi connectivity index (χ2v) is 10.2. The van der Waals surface area contributed by atoms with Crippen LogP contribution in [0.3, 0.4) is 0 Å². The molecule has 1 unspecified atom stereocenters. The number of aryl methyl sites for hydroxylation is 2. The molecular formula is C33H33N5O. The summed E-state index contributed by atoms with van der Waals surface area (Å²) in [6.45, 7) is 6.10. The minimum absolute atomic E-state index is 0.0748. The summed E-state index contributed by atoms with van der Waals surface area (Å²) < 4.78 is 0. The molecule has 0 saturated heterocycles. The van der Waals surface area contributed by atoms with E-state index in [1.54, 1.807) is 0 Å². The molecule has 0 fully saturated rings. The van der Waals surface area contributed by atoms with Crippen molar-refractivity contribution in [1.82, 2.24) is 15.3 Å². The van der Waals surface area contributed by atoms with Gasteiger partial charge in [0.2, 0.25) is 5.95 Å². The Morgan fingerprint density at radius 1 is 0.897 bits per heavy atom. The largest absolute Gasteiger partial charge is 0.378 e. The van der Waals surface area contributed by atoms with E-state index in [0.717, 1.165) is 50.1 Å². The number of carbonyl (C=O) groups is 1. The molecule has 6 nitrogen and oxygen atoms in total. The fraction of sp³-hybridized carbons (Fsp3) is 0.182. The van der Waals surface area contributed by atoms with E-state index in [4.69, 9.17) is 4.98 Å². The number of amides is 1. The number of nitrogens with one attached hydrogen (secondary N) is 2. The quantitative estimate of drug-likeness (QED) is 0.240. The maximum Gasteiger partial charge on any atom is 0.251 e. The number of aromatic nitrogens is 2. The topological polar surface area (TPSA) is 70.2 Å². The molecule has 0 spiro atoms. The maximum absolute atomic E-state index is 12.8. The smallest absolute Gasteiger partial charge is 0.251 e. The Morgan fingerprint density at radius 2 is 1.69 bits per heavy atom. The highest BCUT2D eigenvalue weighted by Gasteiger charge is 2.14. The molecule has 2 N–H and O–H groups in total.